The van der Waals surface area contributed by atoms with Crippen molar-refractivity contribution in [2.24, 2.45) is 0 Å². The van der Waals surface area contributed by atoms with Crippen LogP contribution >= 0.6 is 11.6 Å². The first-order chi connectivity index (χ1) is 8.58. The minimum Gasteiger partial charge on any atom is -0.358 e. The number of nitrogens with zero attached hydrogens (tertiary/aromatic N) is 2. The summed E-state index contributed by atoms with van der Waals surface area (Å²) in [5.41, 5.74) is 0.420. The van der Waals surface area contributed by atoms with Crippen LogP contribution in [-0.2, 0) is 6.42 Å². The van der Waals surface area contributed by atoms with Gasteiger partial charge in [0, 0.05) is 43.2 Å². The molecular weight excluding hydrogens is 253 g/mol. The first-order valence-corrected chi connectivity index (χ1v) is 6.39. The number of benzene rings is 1. The van der Waals surface area contributed by atoms with Crippen molar-refractivity contribution >= 4 is 17.4 Å². The number of amidine groups is 1. The molecule has 0 bridgehead atoms. The monoisotopic (exact) mass is 269 g/mol. The lowest BCUT2D eigenvalue weighted by atomic mass is 10.1. The van der Waals surface area contributed by atoms with Crippen LogP contribution in [0, 0.1) is 11.2 Å². The second kappa shape index (κ2) is 5.67. The van der Waals surface area contributed by atoms with E-state index in [1.807, 2.05) is 4.90 Å². The smallest absolute Gasteiger partial charge is 0.128 e. The molecule has 1 fully saturated rings. The van der Waals surface area contributed by atoms with Crippen LogP contribution in [0.2, 0.25) is 5.02 Å². The van der Waals surface area contributed by atoms with Crippen LogP contribution in [0.1, 0.15) is 5.56 Å². The van der Waals surface area contributed by atoms with E-state index in [9.17, 15) is 4.39 Å². The maximum absolute atomic E-state index is 13.6. The molecule has 1 heterocycles. The van der Waals surface area contributed by atoms with E-state index in [1.54, 1.807) is 12.1 Å². The molecule has 5 heteroatoms. The van der Waals surface area contributed by atoms with Crippen LogP contribution in [0.15, 0.2) is 18.2 Å². The molecule has 0 unspecified atom stereocenters. The fourth-order valence-corrected chi connectivity index (χ4v) is 2.29. The number of rotatable bonds is 2. The summed E-state index contributed by atoms with van der Waals surface area (Å²) >= 11 is 5.97. The molecule has 0 atom stereocenters. The van der Waals surface area contributed by atoms with Gasteiger partial charge in [-0.15, -0.1) is 0 Å². The average Bonchev–Trinajstić information content (AvgIpc) is 2.34. The SMILES string of the molecule is CN1CCN(C(=N)Cc2c(F)cccc2Cl)CC1. The Hall–Kier alpha value is -1.13. The maximum Gasteiger partial charge on any atom is 0.128 e. The van der Waals surface area contributed by atoms with Gasteiger partial charge in [-0.25, -0.2) is 4.39 Å². The van der Waals surface area contributed by atoms with E-state index < -0.39 is 0 Å². The second-order valence-corrected chi connectivity index (χ2v) is 5.02. The number of hydrogen-bond acceptors (Lipinski definition) is 2. The third-order valence-electron chi connectivity index (χ3n) is 3.29. The Kier molecular flexibility index (Phi) is 4.19. The predicted molar refractivity (Wildman–Crippen MR) is 71.9 cm³/mol. The quantitative estimate of drug-likeness (QED) is 0.659. The molecule has 2 rings (SSSR count). The zero-order valence-electron chi connectivity index (χ0n) is 10.4. The van der Waals surface area contributed by atoms with Gasteiger partial charge in [0.25, 0.3) is 0 Å². The van der Waals surface area contributed by atoms with Crippen LogP contribution in [0.5, 0.6) is 0 Å². The number of hydrogen-bond donors (Lipinski definition) is 1. The molecule has 0 aliphatic carbocycles. The molecule has 1 saturated heterocycles. The van der Waals surface area contributed by atoms with Gasteiger partial charge < -0.3 is 9.80 Å². The van der Waals surface area contributed by atoms with Crippen molar-refractivity contribution in [2.45, 2.75) is 6.42 Å². The van der Waals surface area contributed by atoms with Gasteiger partial charge in [0.15, 0.2) is 0 Å². The summed E-state index contributed by atoms with van der Waals surface area (Å²) in [5.74, 6) is 0.108. The van der Waals surface area contributed by atoms with Gasteiger partial charge in [0.2, 0.25) is 0 Å². The summed E-state index contributed by atoms with van der Waals surface area (Å²) in [5, 5.41) is 8.46. The van der Waals surface area contributed by atoms with Crippen LogP contribution in [0.4, 0.5) is 4.39 Å². The Balaban J connectivity index is 2.03. The zero-order chi connectivity index (χ0) is 13.1. The van der Waals surface area contributed by atoms with Crippen molar-refractivity contribution in [3.63, 3.8) is 0 Å². The summed E-state index contributed by atoms with van der Waals surface area (Å²) in [6.45, 7) is 3.52. The lowest BCUT2D eigenvalue weighted by molar-refractivity contribution is 0.213. The third kappa shape index (κ3) is 3.00. The summed E-state index contributed by atoms with van der Waals surface area (Å²) < 4.78 is 13.6. The van der Waals surface area contributed by atoms with Crippen molar-refractivity contribution in [2.75, 3.05) is 33.2 Å². The van der Waals surface area contributed by atoms with Crippen LogP contribution in [0.3, 0.4) is 0 Å². The summed E-state index contributed by atoms with van der Waals surface area (Å²) in [6, 6.07) is 4.64. The minimum absolute atomic E-state index is 0.259. The third-order valence-corrected chi connectivity index (χ3v) is 3.65. The van der Waals surface area contributed by atoms with E-state index in [2.05, 4.69) is 11.9 Å². The van der Waals surface area contributed by atoms with E-state index in [4.69, 9.17) is 17.0 Å². The van der Waals surface area contributed by atoms with Gasteiger partial charge in [-0.3, -0.25) is 5.41 Å². The first kappa shape index (κ1) is 13.3. The van der Waals surface area contributed by atoms with E-state index in [0.29, 0.717) is 16.4 Å². The number of halogens is 2. The van der Waals surface area contributed by atoms with E-state index in [1.165, 1.54) is 6.07 Å². The Bertz CT molecular complexity index is 422. The highest BCUT2D eigenvalue weighted by Crippen LogP contribution is 2.20. The molecule has 3 nitrogen and oxygen atoms in total. The summed E-state index contributed by atoms with van der Waals surface area (Å²) in [6.07, 6.45) is 0.259. The van der Waals surface area contributed by atoms with Crippen LogP contribution in [0.25, 0.3) is 0 Å². The number of likely N-dealkylation sites (N-methyl/N-ethyl adjacent to an activating group) is 1. The Morgan fingerprint density at radius 1 is 1.33 bits per heavy atom. The Morgan fingerprint density at radius 2 is 2.00 bits per heavy atom. The number of piperazine rings is 1. The maximum atomic E-state index is 13.6. The van der Waals surface area contributed by atoms with Gasteiger partial charge in [0.05, 0.1) is 0 Å². The van der Waals surface area contributed by atoms with Gasteiger partial charge >= 0.3 is 0 Å². The Morgan fingerprint density at radius 3 is 2.61 bits per heavy atom. The second-order valence-electron chi connectivity index (χ2n) is 4.61. The molecule has 0 spiro atoms. The van der Waals surface area contributed by atoms with Crippen molar-refractivity contribution in [3.8, 4) is 0 Å². The molecule has 0 aromatic heterocycles. The Labute approximate surface area is 112 Å². The van der Waals surface area contributed by atoms with Gasteiger partial charge in [0.1, 0.15) is 11.7 Å². The highest BCUT2D eigenvalue weighted by Gasteiger charge is 2.18. The molecule has 18 heavy (non-hydrogen) atoms. The molecule has 0 amide bonds. The fourth-order valence-electron chi connectivity index (χ4n) is 2.06. The molecule has 98 valence electrons. The zero-order valence-corrected chi connectivity index (χ0v) is 11.2. The van der Waals surface area contributed by atoms with Crippen LogP contribution < -0.4 is 0 Å². The number of nitrogens with one attached hydrogen (secondary N) is 1. The predicted octanol–water partition coefficient (Wildman–Crippen LogP) is 2.25. The highest BCUT2D eigenvalue weighted by atomic mass is 35.5. The van der Waals surface area contributed by atoms with Crippen molar-refractivity contribution in [1.82, 2.24) is 9.80 Å². The minimum atomic E-state index is -0.332. The summed E-state index contributed by atoms with van der Waals surface area (Å²) in [7, 11) is 2.06. The van der Waals surface area contributed by atoms with Gasteiger partial charge in [-0.2, -0.15) is 0 Å². The normalized spacial score (nSPS) is 16.9. The van der Waals surface area contributed by atoms with E-state index >= 15 is 0 Å². The van der Waals surface area contributed by atoms with E-state index in [-0.39, 0.29) is 12.2 Å². The molecule has 1 aromatic carbocycles. The average molecular weight is 270 g/mol. The van der Waals surface area contributed by atoms with Gasteiger partial charge in [-0.1, -0.05) is 17.7 Å². The molecule has 1 aliphatic heterocycles. The van der Waals surface area contributed by atoms with Crippen LogP contribution in [-0.4, -0.2) is 48.9 Å². The molecular formula is C13H17ClFN3. The van der Waals surface area contributed by atoms with Crippen molar-refractivity contribution < 1.29 is 4.39 Å². The lowest BCUT2D eigenvalue weighted by Gasteiger charge is -2.34. The topological polar surface area (TPSA) is 30.3 Å². The highest BCUT2D eigenvalue weighted by molar-refractivity contribution is 6.31. The van der Waals surface area contributed by atoms with Gasteiger partial charge in [-0.05, 0) is 19.2 Å². The van der Waals surface area contributed by atoms with E-state index in [0.717, 1.165) is 26.2 Å². The standard InChI is InChI=1S/C13H17ClFN3/c1-17-5-7-18(8-6-17)13(16)9-10-11(14)3-2-4-12(10)15/h2-4,16H,5-9H2,1H3. The first-order valence-electron chi connectivity index (χ1n) is 6.01. The van der Waals surface area contributed by atoms with Crippen molar-refractivity contribution in [1.29, 1.82) is 5.41 Å². The molecule has 1 aliphatic rings. The molecule has 0 saturated carbocycles. The molecule has 0 radical (unpaired) electrons. The lowest BCUT2D eigenvalue weighted by Crippen LogP contribution is -2.47. The summed E-state index contributed by atoms with van der Waals surface area (Å²) in [4.78, 5) is 4.21. The fraction of sp³-hybridized carbons (Fsp3) is 0.462. The largest absolute Gasteiger partial charge is 0.358 e. The molecule has 1 N–H and O–H groups in total. The van der Waals surface area contributed by atoms with Crippen molar-refractivity contribution in [3.05, 3.63) is 34.6 Å². The molecule has 1 aromatic rings.